The average molecular weight is 190 g/mol. The zero-order valence-corrected chi connectivity index (χ0v) is 8.45. The summed E-state index contributed by atoms with van der Waals surface area (Å²) in [6.45, 7) is 4.43. The standard InChI is InChI=1S/C11H14N2O/c1-9-3-5-11(6-4-9)14-7-10(2)13-8-12/h3-6,10,13H,7H2,1-2H3. The first-order valence-corrected chi connectivity index (χ1v) is 4.56. The molecule has 0 aliphatic rings. The summed E-state index contributed by atoms with van der Waals surface area (Å²) in [5.41, 5.74) is 1.21. The summed E-state index contributed by atoms with van der Waals surface area (Å²) in [5, 5.41) is 11.0. The third kappa shape index (κ3) is 3.36. The number of nitrogens with zero attached hydrogens (tertiary/aromatic N) is 1. The Kier molecular flexibility index (Phi) is 3.81. The van der Waals surface area contributed by atoms with Crippen molar-refractivity contribution in [1.29, 1.82) is 5.26 Å². The van der Waals surface area contributed by atoms with E-state index in [0.29, 0.717) is 6.61 Å². The first-order chi connectivity index (χ1) is 6.72. The molecule has 1 N–H and O–H groups in total. The van der Waals surface area contributed by atoms with E-state index in [2.05, 4.69) is 5.32 Å². The number of hydrogen-bond donors (Lipinski definition) is 1. The van der Waals surface area contributed by atoms with E-state index in [1.165, 1.54) is 5.56 Å². The summed E-state index contributed by atoms with van der Waals surface area (Å²) in [7, 11) is 0. The van der Waals surface area contributed by atoms with Crippen molar-refractivity contribution in [2.45, 2.75) is 19.9 Å². The highest BCUT2D eigenvalue weighted by Gasteiger charge is 2.00. The molecule has 0 bridgehead atoms. The molecule has 74 valence electrons. The van der Waals surface area contributed by atoms with Crippen molar-refractivity contribution in [3.63, 3.8) is 0 Å². The van der Waals surface area contributed by atoms with Crippen LogP contribution in [0.25, 0.3) is 0 Å². The van der Waals surface area contributed by atoms with Crippen LogP contribution in [0.3, 0.4) is 0 Å². The van der Waals surface area contributed by atoms with E-state index in [1.807, 2.05) is 44.3 Å². The summed E-state index contributed by atoms with van der Waals surface area (Å²) in [6.07, 6.45) is 1.88. The van der Waals surface area contributed by atoms with Crippen molar-refractivity contribution in [3.8, 4) is 11.9 Å². The van der Waals surface area contributed by atoms with Crippen molar-refractivity contribution in [3.05, 3.63) is 29.8 Å². The van der Waals surface area contributed by atoms with Crippen LogP contribution in [-0.2, 0) is 0 Å². The maximum atomic E-state index is 8.35. The normalized spacial score (nSPS) is 11.5. The number of nitrogens with one attached hydrogen (secondary N) is 1. The van der Waals surface area contributed by atoms with E-state index < -0.39 is 0 Å². The Bertz CT molecular complexity index is 313. The molecule has 0 saturated heterocycles. The van der Waals surface area contributed by atoms with E-state index in [-0.39, 0.29) is 6.04 Å². The number of rotatable bonds is 4. The predicted molar refractivity (Wildman–Crippen MR) is 54.9 cm³/mol. The fraction of sp³-hybridized carbons (Fsp3) is 0.364. The summed E-state index contributed by atoms with van der Waals surface area (Å²) in [4.78, 5) is 0. The van der Waals surface area contributed by atoms with Crippen LogP contribution >= 0.6 is 0 Å². The molecule has 1 unspecified atom stereocenters. The molecule has 1 rings (SSSR count). The minimum atomic E-state index is 0.0429. The van der Waals surface area contributed by atoms with Gasteiger partial charge < -0.3 is 10.1 Å². The molecule has 3 nitrogen and oxygen atoms in total. The molecule has 1 aromatic rings. The van der Waals surface area contributed by atoms with Gasteiger partial charge in [0.1, 0.15) is 12.4 Å². The van der Waals surface area contributed by atoms with Gasteiger partial charge in [-0.2, -0.15) is 5.26 Å². The molecule has 0 heterocycles. The van der Waals surface area contributed by atoms with Crippen molar-refractivity contribution in [2.24, 2.45) is 0 Å². The Morgan fingerprint density at radius 2 is 2.07 bits per heavy atom. The molecule has 0 radical (unpaired) electrons. The number of aryl methyl sites for hydroxylation is 1. The average Bonchev–Trinajstić information content (AvgIpc) is 2.17. The number of hydrogen-bond acceptors (Lipinski definition) is 3. The summed E-state index contributed by atoms with van der Waals surface area (Å²) >= 11 is 0. The van der Waals surface area contributed by atoms with Gasteiger partial charge in [0.25, 0.3) is 0 Å². The maximum Gasteiger partial charge on any atom is 0.176 e. The lowest BCUT2D eigenvalue weighted by Gasteiger charge is -2.11. The molecule has 0 aliphatic heterocycles. The summed E-state index contributed by atoms with van der Waals surface area (Å²) in [6, 6.07) is 7.89. The van der Waals surface area contributed by atoms with E-state index >= 15 is 0 Å². The predicted octanol–water partition coefficient (Wildman–Crippen LogP) is 1.83. The zero-order chi connectivity index (χ0) is 10.4. The van der Waals surface area contributed by atoms with E-state index in [4.69, 9.17) is 10.00 Å². The van der Waals surface area contributed by atoms with Gasteiger partial charge in [-0.3, -0.25) is 0 Å². The fourth-order valence-corrected chi connectivity index (χ4v) is 1.01. The van der Waals surface area contributed by atoms with Crippen LogP contribution in [0.5, 0.6) is 5.75 Å². The van der Waals surface area contributed by atoms with Gasteiger partial charge in [-0.15, -0.1) is 0 Å². The first-order valence-electron chi connectivity index (χ1n) is 4.56. The highest BCUT2D eigenvalue weighted by Crippen LogP contribution is 2.11. The fourth-order valence-electron chi connectivity index (χ4n) is 1.01. The van der Waals surface area contributed by atoms with Gasteiger partial charge in [0.15, 0.2) is 6.19 Å². The lowest BCUT2D eigenvalue weighted by Crippen LogP contribution is -2.27. The zero-order valence-electron chi connectivity index (χ0n) is 8.45. The largest absolute Gasteiger partial charge is 0.491 e. The van der Waals surface area contributed by atoms with Crippen molar-refractivity contribution in [1.82, 2.24) is 5.32 Å². The molecule has 0 spiro atoms. The van der Waals surface area contributed by atoms with Gasteiger partial charge in [0, 0.05) is 0 Å². The molecule has 3 heteroatoms. The number of ether oxygens (including phenoxy) is 1. The summed E-state index contributed by atoms with van der Waals surface area (Å²) in [5.74, 6) is 0.835. The van der Waals surface area contributed by atoms with Gasteiger partial charge in [-0.25, -0.2) is 0 Å². The van der Waals surface area contributed by atoms with Gasteiger partial charge >= 0.3 is 0 Å². The van der Waals surface area contributed by atoms with E-state index in [0.717, 1.165) is 5.75 Å². The third-order valence-corrected chi connectivity index (χ3v) is 1.83. The van der Waals surface area contributed by atoms with Gasteiger partial charge in [-0.1, -0.05) is 17.7 Å². The molecule has 0 aliphatic carbocycles. The number of benzene rings is 1. The van der Waals surface area contributed by atoms with Crippen molar-refractivity contribution < 1.29 is 4.74 Å². The second-order valence-electron chi connectivity index (χ2n) is 3.28. The molecule has 14 heavy (non-hydrogen) atoms. The molecule has 0 amide bonds. The Morgan fingerprint density at radius 3 is 2.64 bits per heavy atom. The summed E-state index contributed by atoms with van der Waals surface area (Å²) < 4.78 is 5.46. The smallest absolute Gasteiger partial charge is 0.176 e. The van der Waals surface area contributed by atoms with Gasteiger partial charge in [0.2, 0.25) is 0 Å². The first kappa shape index (κ1) is 10.4. The van der Waals surface area contributed by atoms with Crippen LogP contribution in [0.4, 0.5) is 0 Å². The van der Waals surface area contributed by atoms with E-state index in [9.17, 15) is 0 Å². The molecule has 1 aromatic carbocycles. The Labute approximate surface area is 84.3 Å². The quantitative estimate of drug-likeness (QED) is 0.582. The molecule has 0 saturated carbocycles. The topological polar surface area (TPSA) is 45.0 Å². The second-order valence-corrected chi connectivity index (χ2v) is 3.28. The van der Waals surface area contributed by atoms with Crippen molar-refractivity contribution >= 4 is 0 Å². The molecule has 0 fully saturated rings. The molecule has 1 atom stereocenters. The highest BCUT2D eigenvalue weighted by atomic mass is 16.5. The van der Waals surface area contributed by atoms with Crippen molar-refractivity contribution in [2.75, 3.05) is 6.61 Å². The van der Waals surface area contributed by atoms with Crippen LogP contribution in [0.15, 0.2) is 24.3 Å². The lowest BCUT2D eigenvalue weighted by molar-refractivity contribution is 0.284. The number of nitriles is 1. The van der Waals surface area contributed by atoms with Crippen LogP contribution < -0.4 is 10.1 Å². The maximum absolute atomic E-state index is 8.35. The third-order valence-electron chi connectivity index (χ3n) is 1.83. The highest BCUT2D eigenvalue weighted by molar-refractivity contribution is 5.26. The molecule has 0 aromatic heterocycles. The Morgan fingerprint density at radius 1 is 1.43 bits per heavy atom. The molecular formula is C11H14N2O. The van der Waals surface area contributed by atoms with E-state index in [1.54, 1.807) is 0 Å². The minimum Gasteiger partial charge on any atom is -0.491 e. The SMILES string of the molecule is Cc1ccc(OCC(C)NC#N)cc1. The second kappa shape index (κ2) is 5.13. The van der Waals surface area contributed by atoms with Crippen LogP contribution in [0.1, 0.15) is 12.5 Å². The lowest BCUT2D eigenvalue weighted by atomic mass is 10.2. The Hall–Kier alpha value is -1.69. The van der Waals surface area contributed by atoms with Crippen LogP contribution in [-0.4, -0.2) is 12.6 Å². The Balaban J connectivity index is 2.39. The molecular weight excluding hydrogens is 176 g/mol. The van der Waals surface area contributed by atoms with Gasteiger partial charge in [0.05, 0.1) is 6.04 Å². The van der Waals surface area contributed by atoms with Crippen LogP contribution in [0.2, 0.25) is 0 Å². The van der Waals surface area contributed by atoms with Gasteiger partial charge in [-0.05, 0) is 26.0 Å². The minimum absolute atomic E-state index is 0.0429. The van der Waals surface area contributed by atoms with Crippen LogP contribution in [0, 0.1) is 18.4 Å². The monoisotopic (exact) mass is 190 g/mol.